The van der Waals surface area contributed by atoms with Gasteiger partial charge in [-0.1, -0.05) is 0 Å². The summed E-state index contributed by atoms with van der Waals surface area (Å²) in [5.74, 6) is -0.450. The number of hydrogen-bond acceptors (Lipinski definition) is 5. The highest BCUT2D eigenvalue weighted by atomic mass is 16.5. The Labute approximate surface area is 124 Å². The molecule has 1 fully saturated rings. The fraction of sp³-hybridized carbons (Fsp3) is 0.467. The summed E-state index contributed by atoms with van der Waals surface area (Å²) < 4.78 is 4.62. The van der Waals surface area contributed by atoms with Crippen LogP contribution in [0.5, 0.6) is 0 Å². The molecule has 0 saturated carbocycles. The predicted octanol–water partition coefficient (Wildman–Crippen LogP) is 0.835. The number of hydrogen-bond donors (Lipinski definition) is 2. The Kier molecular flexibility index (Phi) is 5.30. The molecule has 0 spiro atoms. The number of methoxy groups -OCH3 is 1. The van der Waals surface area contributed by atoms with Crippen molar-refractivity contribution < 1.29 is 14.3 Å². The van der Waals surface area contributed by atoms with Gasteiger partial charge in [-0.15, -0.1) is 0 Å². The van der Waals surface area contributed by atoms with Crippen LogP contribution in [0.2, 0.25) is 0 Å². The first-order valence-electron chi connectivity index (χ1n) is 7.04. The van der Waals surface area contributed by atoms with Crippen molar-refractivity contribution in [1.82, 2.24) is 4.90 Å². The highest BCUT2D eigenvalue weighted by Crippen LogP contribution is 2.11. The standard InChI is InChI=1S/C15H21N3O3/c1-21-15(20)11-2-4-13(5-3-11)17-14(19)10-18-8-6-12(16)7-9-18/h2-5,12H,6-10,16H2,1H3,(H,17,19). The Morgan fingerprint density at radius 1 is 1.29 bits per heavy atom. The third-order valence-electron chi connectivity index (χ3n) is 3.59. The van der Waals surface area contributed by atoms with Crippen LogP contribution in [-0.4, -0.2) is 49.6 Å². The topological polar surface area (TPSA) is 84.7 Å². The lowest BCUT2D eigenvalue weighted by Gasteiger charge is -2.29. The third kappa shape index (κ3) is 4.54. The number of piperidine rings is 1. The number of carbonyl (C=O) groups is 2. The Balaban J connectivity index is 1.83. The molecule has 2 rings (SSSR count). The lowest BCUT2D eigenvalue weighted by atomic mass is 10.1. The van der Waals surface area contributed by atoms with Crippen LogP contribution in [-0.2, 0) is 9.53 Å². The van der Waals surface area contributed by atoms with Crippen molar-refractivity contribution in [1.29, 1.82) is 0 Å². The van der Waals surface area contributed by atoms with Crippen molar-refractivity contribution in [2.75, 3.05) is 32.1 Å². The molecule has 0 unspecified atom stereocenters. The molecule has 1 saturated heterocycles. The van der Waals surface area contributed by atoms with Crippen molar-refractivity contribution in [3.05, 3.63) is 29.8 Å². The second kappa shape index (κ2) is 7.19. The molecule has 1 aliphatic heterocycles. The maximum Gasteiger partial charge on any atom is 0.337 e. The number of anilines is 1. The van der Waals surface area contributed by atoms with E-state index in [-0.39, 0.29) is 11.9 Å². The van der Waals surface area contributed by atoms with Crippen LogP contribution in [0.25, 0.3) is 0 Å². The number of esters is 1. The third-order valence-corrected chi connectivity index (χ3v) is 3.59. The van der Waals surface area contributed by atoms with Crippen LogP contribution in [0.3, 0.4) is 0 Å². The SMILES string of the molecule is COC(=O)c1ccc(NC(=O)CN2CCC(N)CC2)cc1. The van der Waals surface area contributed by atoms with Gasteiger partial charge in [-0.3, -0.25) is 9.69 Å². The van der Waals surface area contributed by atoms with Crippen molar-refractivity contribution >= 4 is 17.6 Å². The molecular weight excluding hydrogens is 270 g/mol. The van der Waals surface area contributed by atoms with Gasteiger partial charge < -0.3 is 15.8 Å². The minimum atomic E-state index is -0.391. The maximum absolute atomic E-state index is 12.0. The lowest BCUT2D eigenvalue weighted by molar-refractivity contribution is -0.117. The Morgan fingerprint density at radius 2 is 1.90 bits per heavy atom. The van der Waals surface area contributed by atoms with E-state index < -0.39 is 5.97 Å². The summed E-state index contributed by atoms with van der Waals surface area (Å²) in [5.41, 5.74) is 6.96. The van der Waals surface area contributed by atoms with Gasteiger partial charge in [-0.25, -0.2) is 4.79 Å². The molecule has 0 radical (unpaired) electrons. The summed E-state index contributed by atoms with van der Waals surface area (Å²) in [6.07, 6.45) is 1.86. The summed E-state index contributed by atoms with van der Waals surface area (Å²) in [4.78, 5) is 25.4. The first-order valence-corrected chi connectivity index (χ1v) is 7.04. The summed E-state index contributed by atoms with van der Waals surface area (Å²) in [5, 5.41) is 2.82. The molecule has 1 aromatic carbocycles. The molecule has 1 aliphatic rings. The van der Waals surface area contributed by atoms with Gasteiger partial charge in [0, 0.05) is 24.8 Å². The van der Waals surface area contributed by atoms with E-state index in [9.17, 15) is 9.59 Å². The summed E-state index contributed by atoms with van der Waals surface area (Å²) in [7, 11) is 1.34. The second-order valence-corrected chi connectivity index (χ2v) is 5.23. The molecule has 21 heavy (non-hydrogen) atoms. The monoisotopic (exact) mass is 291 g/mol. The minimum absolute atomic E-state index is 0.0590. The maximum atomic E-state index is 12.0. The largest absolute Gasteiger partial charge is 0.465 e. The zero-order valence-corrected chi connectivity index (χ0v) is 12.2. The molecule has 1 heterocycles. The smallest absolute Gasteiger partial charge is 0.337 e. The number of amides is 1. The van der Waals surface area contributed by atoms with Crippen molar-refractivity contribution in [2.24, 2.45) is 5.73 Å². The lowest BCUT2D eigenvalue weighted by Crippen LogP contribution is -2.43. The molecule has 6 heteroatoms. The van der Waals surface area contributed by atoms with E-state index in [2.05, 4.69) is 15.0 Å². The molecular formula is C15H21N3O3. The molecule has 1 aromatic rings. The molecule has 1 amide bonds. The average molecular weight is 291 g/mol. The van der Waals surface area contributed by atoms with Crippen LogP contribution in [0.1, 0.15) is 23.2 Å². The number of nitrogens with two attached hydrogens (primary N) is 1. The fourth-order valence-electron chi connectivity index (χ4n) is 2.32. The first kappa shape index (κ1) is 15.5. The number of ether oxygens (including phenoxy) is 1. The van der Waals surface area contributed by atoms with E-state index in [0.29, 0.717) is 17.8 Å². The zero-order chi connectivity index (χ0) is 15.2. The van der Waals surface area contributed by atoms with Gasteiger partial charge in [0.05, 0.1) is 19.2 Å². The predicted molar refractivity (Wildman–Crippen MR) is 80.1 cm³/mol. The van der Waals surface area contributed by atoms with Gasteiger partial charge in [-0.05, 0) is 37.1 Å². The van der Waals surface area contributed by atoms with Gasteiger partial charge in [0.25, 0.3) is 0 Å². The molecule has 3 N–H and O–H groups in total. The number of benzene rings is 1. The summed E-state index contributed by atoms with van der Waals surface area (Å²) in [6.45, 7) is 2.08. The summed E-state index contributed by atoms with van der Waals surface area (Å²) >= 11 is 0. The average Bonchev–Trinajstić information content (AvgIpc) is 2.49. The summed E-state index contributed by atoms with van der Waals surface area (Å²) in [6, 6.07) is 6.89. The quantitative estimate of drug-likeness (QED) is 0.803. The van der Waals surface area contributed by atoms with E-state index in [1.807, 2.05) is 0 Å². The number of carbonyl (C=O) groups excluding carboxylic acids is 2. The van der Waals surface area contributed by atoms with E-state index in [1.165, 1.54) is 7.11 Å². The normalized spacial score (nSPS) is 16.5. The number of nitrogens with zero attached hydrogens (tertiary/aromatic N) is 1. The Morgan fingerprint density at radius 3 is 2.48 bits per heavy atom. The Bertz CT molecular complexity index is 493. The fourth-order valence-corrected chi connectivity index (χ4v) is 2.32. The molecule has 6 nitrogen and oxygen atoms in total. The number of rotatable bonds is 4. The molecule has 0 atom stereocenters. The van der Waals surface area contributed by atoms with E-state index in [0.717, 1.165) is 25.9 Å². The number of likely N-dealkylation sites (tertiary alicyclic amines) is 1. The van der Waals surface area contributed by atoms with Gasteiger partial charge in [-0.2, -0.15) is 0 Å². The van der Waals surface area contributed by atoms with Gasteiger partial charge in [0.2, 0.25) is 5.91 Å². The van der Waals surface area contributed by atoms with Gasteiger partial charge >= 0.3 is 5.97 Å². The molecule has 0 aliphatic carbocycles. The van der Waals surface area contributed by atoms with Crippen molar-refractivity contribution in [3.8, 4) is 0 Å². The first-order chi connectivity index (χ1) is 10.1. The van der Waals surface area contributed by atoms with Gasteiger partial charge in [0.15, 0.2) is 0 Å². The van der Waals surface area contributed by atoms with E-state index >= 15 is 0 Å². The molecule has 0 aromatic heterocycles. The highest BCUT2D eigenvalue weighted by molar-refractivity contribution is 5.93. The molecule has 114 valence electrons. The second-order valence-electron chi connectivity index (χ2n) is 5.23. The van der Waals surface area contributed by atoms with Crippen LogP contribution in [0.4, 0.5) is 5.69 Å². The Hall–Kier alpha value is -1.92. The minimum Gasteiger partial charge on any atom is -0.465 e. The van der Waals surface area contributed by atoms with Gasteiger partial charge in [0.1, 0.15) is 0 Å². The van der Waals surface area contributed by atoms with Crippen molar-refractivity contribution in [3.63, 3.8) is 0 Å². The van der Waals surface area contributed by atoms with Crippen LogP contribution in [0.15, 0.2) is 24.3 Å². The molecule has 0 bridgehead atoms. The van der Waals surface area contributed by atoms with Crippen LogP contribution >= 0.6 is 0 Å². The number of nitrogens with one attached hydrogen (secondary N) is 1. The van der Waals surface area contributed by atoms with E-state index in [4.69, 9.17) is 5.73 Å². The zero-order valence-electron chi connectivity index (χ0n) is 12.2. The van der Waals surface area contributed by atoms with Crippen LogP contribution < -0.4 is 11.1 Å². The highest BCUT2D eigenvalue weighted by Gasteiger charge is 2.18. The van der Waals surface area contributed by atoms with E-state index in [1.54, 1.807) is 24.3 Å². The van der Waals surface area contributed by atoms with Crippen molar-refractivity contribution in [2.45, 2.75) is 18.9 Å². The van der Waals surface area contributed by atoms with Crippen LogP contribution in [0, 0.1) is 0 Å².